The van der Waals surface area contributed by atoms with Crippen LogP contribution in [0.4, 0.5) is 18.9 Å². The third-order valence-electron chi connectivity index (χ3n) is 5.20. The zero-order valence-electron chi connectivity index (χ0n) is 16.5. The molecule has 2 aliphatic heterocycles. The van der Waals surface area contributed by atoms with Crippen molar-refractivity contribution in [2.45, 2.75) is 31.5 Å². The lowest BCUT2D eigenvalue weighted by atomic mass is 10.1. The first-order chi connectivity index (χ1) is 15.0. The number of nitrogens with zero attached hydrogens (tertiary/aromatic N) is 4. The van der Waals surface area contributed by atoms with Gasteiger partial charge in [0.05, 0.1) is 34.5 Å². The molecule has 13 heteroatoms. The van der Waals surface area contributed by atoms with E-state index in [1.165, 1.54) is 23.1 Å². The number of aromatic nitrogens is 2. The summed E-state index contributed by atoms with van der Waals surface area (Å²) in [5, 5.41) is 11.5. The summed E-state index contributed by atoms with van der Waals surface area (Å²) in [6.45, 7) is 0. The molecule has 32 heavy (non-hydrogen) atoms. The van der Waals surface area contributed by atoms with E-state index in [0.29, 0.717) is 0 Å². The maximum Gasteiger partial charge on any atom is 0.416 e. The number of nitrogens with one attached hydrogen (secondary N) is 1. The van der Waals surface area contributed by atoms with Gasteiger partial charge in [0.1, 0.15) is 5.71 Å². The molecule has 1 N–H and O–H groups in total. The van der Waals surface area contributed by atoms with Crippen molar-refractivity contribution in [2.75, 3.05) is 16.8 Å². The average molecular weight is 469 g/mol. The molecule has 0 radical (unpaired) electrons. The fraction of sp³-hybridized carbons (Fsp3) is 0.368. The Hall–Kier alpha value is -3.22. The zero-order valence-corrected chi connectivity index (χ0v) is 17.4. The molecular weight excluding hydrogens is 451 g/mol. The van der Waals surface area contributed by atoms with E-state index < -0.39 is 39.4 Å². The van der Waals surface area contributed by atoms with Crippen molar-refractivity contribution in [1.29, 1.82) is 0 Å². The summed E-state index contributed by atoms with van der Waals surface area (Å²) in [4.78, 5) is 25.1. The van der Waals surface area contributed by atoms with Crippen molar-refractivity contribution in [3.05, 3.63) is 42.2 Å². The molecule has 0 spiro atoms. The number of anilines is 1. The molecule has 0 bridgehead atoms. The van der Waals surface area contributed by atoms with Crippen LogP contribution in [-0.4, -0.2) is 58.3 Å². The van der Waals surface area contributed by atoms with Gasteiger partial charge in [-0.1, -0.05) is 0 Å². The van der Waals surface area contributed by atoms with Gasteiger partial charge in [-0.15, -0.1) is 0 Å². The van der Waals surface area contributed by atoms with Gasteiger partial charge < -0.3 is 5.32 Å². The summed E-state index contributed by atoms with van der Waals surface area (Å²) >= 11 is 0. The van der Waals surface area contributed by atoms with Crippen LogP contribution in [0.5, 0.6) is 0 Å². The second kappa shape index (κ2) is 8.04. The number of amides is 2. The Bertz CT molecular complexity index is 1190. The van der Waals surface area contributed by atoms with E-state index in [0.717, 1.165) is 17.1 Å². The van der Waals surface area contributed by atoms with E-state index in [4.69, 9.17) is 0 Å². The quantitative estimate of drug-likeness (QED) is 0.736. The van der Waals surface area contributed by atoms with Crippen LogP contribution in [0.25, 0.3) is 5.69 Å². The Morgan fingerprint density at radius 3 is 2.62 bits per heavy atom. The number of sulfone groups is 1. The Kier molecular flexibility index (Phi) is 5.53. The molecule has 1 aromatic carbocycles. The molecule has 2 amide bonds. The normalized spacial score (nSPS) is 20.8. The van der Waals surface area contributed by atoms with Gasteiger partial charge in [-0.3, -0.25) is 9.59 Å². The molecule has 2 aliphatic rings. The first-order valence-electron chi connectivity index (χ1n) is 9.66. The number of carbonyl (C=O) groups is 2. The van der Waals surface area contributed by atoms with Crippen molar-refractivity contribution >= 4 is 33.1 Å². The van der Waals surface area contributed by atoms with Crippen LogP contribution >= 0.6 is 0 Å². The summed E-state index contributed by atoms with van der Waals surface area (Å²) in [5.74, 6) is -1.50. The minimum absolute atomic E-state index is 0.0172. The number of hydrogen-bond donors (Lipinski definition) is 1. The molecule has 2 aromatic rings. The Morgan fingerprint density at radius 2 is 2.00 bits per heavy atom. The summed E-state index contributed by atoms with van der Waals surface area (Å²) in [7, 11) is -3.28. The summed E-state index contributed by atoms with van der Waals surface area (Å²) in [5.41, 5.74) is -0.953. The van der Waals surface area contributed by atoms with E-state index in [2.05, 4.69) is 15.5 Å². The van der Waals surface area contributed by atoms with Crippen LogP contribution in [-0.2, 0) is 25.6 Å². The third kappa shape index (κ3) is 4.52. The lowest BCUT2D eigenvalue weighted by Gasteiger charge is -2.27. The molecule has 1 fully saturated rings. The smallest absolute Gasteiger partial charge is 0.319 e. The zero-order chi connectivity index (χ0) is 23.1. The number of halogens is 3. The predicted octanol–water partition coefficient (Wildman–Crippen LogP) is 2.00. The molecule has 3 heterocycles. The van der Waals surface area contributed by atoms with Crippen molar-refractivity contribution in [3.63, 3.8) is 0 Å². The molecular formula is C19H18F3N5O4S. The van der Waals surface area contributed by atoms with Crippen LogP contribution in [0.15, 0.2) is 41.8 Å². The van der Waals surface area contributed by atoms with Crippen molar-refractivity contribution < 1.29 is 31.2 Å². The van der Waals surface area contributed by atoms with E-state index in [-0.39, 0.29) is 47.9 Å². The van der Waals surface area contributed by atoms with E-state index in [1.54, 1.807) is 6.07 Å². The molecule has 0 aliphatic carbocycles. The number of carbonyl (C=O) groups excluding carboxylic acids is 2. The van der Waals surface area contributed by atoms with Gasteiger partial charge in [0.2, 0.25) is 5.91 Å². The Labute approximate surface area is 180 Å². The van der Waals surface area contributed by atoms with E-state index in [9.17, 15) is 31.2 Å². The molecule has 170 valence electrons. The second-order valence-electron chi connectivity index (χ2n) is 7.48. The number of hydrogen-bond acceptors (Lipinski definition) is 6. The number of hydrazone groups is 1. The van der Waals surface area contributed by atoms with Gasteiger partial charge >= 0.3 is 6.18 Å². The standard InChI is InChI=1S/C19H18F3N5O4S/c20-19(21,22)12-2-4-16(26-8-1-7-23-26)15(10-12)24-18(29)14-3-5-17(28)27(25-14)13-6-9-32(30,31)11-13/h1-2,4,7-8,10,13H,3,5-6,9,11H2,(H,24,29). The topological polar surface area (TPSA) is 114 Å². The van der Waals surface area contributed by atoms with Crippen LogP contribution in [0.1, 0.15) is 24.8 Å². The number of alkyl halides is 3. The minimum Gasteiger partial charge on any atom is -0.319 e. The van der Waals surface area contributed by atoms with Crippen LogP contribution < -0.4 is 5.32 Å². The van der Waals surface area contributed by atoms with E-state index >= 15 is 0 Å². The second-order valence-corrected chi connectivity index (χ2v) is 9.71. The van der Waals surface area contributed by atoms with Crippen LogP contribution in [0, 0.1) is 0 Å². The highest BCUT2D eigenvalue weighted by Gasteiger charge is 2.37. The summed E-state index contributed by atoms with van der Waals surface area (Å²) in [6, 6.07) is 3.78. The predicted molar refractivity (Wildman–Crippen MR) is 108 cm³/mol. The fourth-order valence-corrected chi connectivity index (χ4v) is 5.30. The molecule has 1 unspecified atom stereocenters. The largest absolute Gasteiger partial charge is 0.416 e. The monoisotopic (exact) mass is 469 g/mol. The Morgan fingerprint density at radius 1 is 1.22 bits per heavy atom. The fourth-order valence-electron chi connectivity index (χ4n) is 3.61. The highest BCUT2D eigenvalue weighted by molar-refractivity contribution is 7.91. The maximum absolute atomic E-state index is 13.2. The SMILES string of the molecule is O=C(Nc1cc(C(F)(F)F)ccc1-n1cccn1)C1=NN(C2CCS(=O)(=O)C2)C(=O)CC1. The van der Waals surface area contributed by atoms with Gasteiger partial charge in [0.25, 0.3) is 5.91 Å². The molecule has 0 saturated carbocycles. The van der Waals surface area contributed by atoms with E-state index in [1.807, 2.05) is 0 Å². The van der Waals surface area contributed by atoms with Gasteiger partial charge in [-0.25, -0.2) is 18.1 Å². The van der Waals surface area contributed by atoms with Crippen molar-refractivity contribution in [2.24, 2.45) is 5.10 Å². The highest BCUT2D eigenvalue weighted by atomic mass is 32.2. The first kappa shape index (κ1) is 22.0. The molecule has 1 saturated heterocycles. The van der Waals surface area contributed by atoms with Crippen molar-refractivity contribution in [3.8, 4) is 5.69 Å². The molecule has 9 nitrogen and oxygen atoms in total. The molecule has 1 atom stereocenters. The maximum atomic E-state index is 13.2. The van der Waals surface area contributed by atoms with Gasteiger partial charge in [-0.05, 0) is 30.7 Å². The Balaban J connectivity index is 1.63. The molecule has 4 rings (SSSR count). The molecule has 1 aromatic heterocycles. The highest BCUT2D eigenvalue weighted by Crippen LogP contribution is 2.33. The first-order valence-corrected chi connectivity index (χ1v) is 11.5. The van der Waals surface area contributed by atoms with Gasteiger partial charge in [0.15, 0.2) is 9.84 Å². The summed E-state index contributed by atoms with van der Waals surface area (Å²) < 4.78 is 64.4. The van der Waals surface area contributed by atoms with Gasteiger partial charge in [-0.2, -0.15) is 23.4 Å². The number of benzene rings is 1. The minimum atomic E-state index is -4.62. The van der Waals surface area contributed by atoms with Crippen LogP contribution in [0.2, 0.25) is 0 Å². The van der Waals surface area contributed by atoms with Crippen molar-refractivity contribution in [1.82, 2.24) is 14.8 Å². The van der Waals surface area contributed by atoms with Gasteiger partial charge in [0, 0.05) is 25.2 Å². The van der Waals surface area contributed by atoms with Crippen LogP contribution in [0.3, 0.4) is 0 Å². The number of rotatable bonds is 4. The lowest BCUT2D eigenvalue weighted by Crippen LogP contribution is -2.42. The average Bonchev–Trinajstić information content (AvgIpc) is 3.37. The lowest BCUT2D eigenvalue weighted by molar-refractivity contribution is -0.137. The summed E-state index contributed by atoms with van der Waals surface area (Å²) in [6.07, 6.45) is -1.54. The third-order valence-corrected chi connectivity index (χ3v) is 6.95.